The normalized spacial score (nSPS) is 9.96. The van der Waals surface area contributed by atoms with Crippen LogP contribution in [0.2, 0.25) is 5.02 Å². The van der Waals surface area contributed by atoms with Crippen molar-refractivity contribution in [2.75, 3.05) is 0 Å². The van der Waals surface area contributed by atoms with Gasteiger partial charge >= 0.3 is 51.4 Å². The summed E-state index contributed by atoms with van der Waals surface area (Å²) in [4.78, 5) is 19.8. The molecule has 0 spiro atoms. The van der Waals surface area contributed by atoms with Gasteiger partial charge in [-0.2, -0.15) is 0 Å². The molecule has 0 aliphatic heterocycles. The smallest absolute Gasteiger partial charge is 0.545 e. The summed E-state index contributed by atoms with van der Waals surface area (Å²) >= 11 is 5.88. The van der Waals surface area contributed by atoms with Crippen molar-refractivity contribution in [3.8, 4) is 22.6 Å². The van der Waals surface area contributed by atoms with Gasteiger partial charge in [0.05, 0.1) is 23.1 Å². The first-order chi connectivity index (χ1) is 10.6. The zero-order valence-corrected chi connectivity index (χ0v) is 16.2. The number of aromatic nitrogens is 2. The van der Waals surface area contributed by atoms with Crippen LogP contribution in [-0.2, 0) is 0 Å². The van der Waals surface area contributed by atoms with Gasteiger partial charge in [0, 0.05) is 22.3 Å². The molecule has 0 amide bonds. The largest absolute Gasteiger partial charge is 1.00 e. The molecule has 0 bridgehead atoms. The standard InChI is InChI=1S/C17H11ClN2O2.K/c18-12-8-6-11(7-9-12)14-4-1-5-15(20-14)16-13(17(21)22)3-2-10-19-16;/h1-10H,(H,21,22);/q;+1/p-1. The van der Waals surface area contributed by atoms with E-state index in [-0.39, 0.29) is 56.9 Å². The Morgan fingerprint density at radius 2 is 1.65 bits per heavy atom. The molecule has 3 rings (SSSR count). The van der Waals surface area contributed by atoms with Crippen LogP contribution in [0.5, 0.6) is 0 Å². The molecule has 0 atom stereocenters. The van der Waals surface area contributed by atoms with Crippen LogP contribution in [-0.4, -0.2) is 15.9 Å². The number of carbonyl (C=O) groups excluding carboxylic acids is 1. The fourth-order valence-corrected chi connectivity index (χ4v) is 2.25. The number of carbonyl (C=O) groups is 1. The van der Waals surface area contributed by atoms with E-state index in [1.54, 1.807) is 30.3 Å². The van der Waals surface area contributed by atoms with E-state index in [1.165, 1.54) is 12.3 Å². The quantitative estimate of drug-likeness (QED) is 0.616. The van der Waals surface area contributed by atoms with Gasteiger partial charge in [-0.1, -0.05) is 29.8 Å². The van der Waals surface area contributed by atoms with E-state index in [2.05, 4.69) is 9.97 Å². The summed E-state index contributed by atoms with van der Waals surface area (Å²) in [6.07, 6.45) is 1.53. The van der Waals surface area contributed by atoms with Crippen LogP contribution in [0.4, 0.5) is 0 Å². The number of aromatic carboxylic acids is 1. The van der Waals surface area contributed by atoms with Gasteiger partial charge in [-0.3, -0.25) is 4.98 Å². The number of rotatable bonds is 3. The number of nitrogens with zero attached hydrogens (tertiary/aromatic N) is 2. The third-order valence-corrected chi connectivity index (χ3v) is 3.41. The van der Waals surface area contributed by atoms with E-state index in [9.17, 15) is 9.90 Å². The Bertz CT molecular complexity index is 838. The van der Waals surface area contributed by atoms with Crippen molar-refractivity contribution in [2.45, 2.75) is 0 Å². The molecule has 6 heteroatoms. The summed E-state index contributed by atoms with van der Waals surface area (Å²) < 4.78 is 0. The summed E-state index contributed by atoms with van der Waals surface area (Å²) in [6.45, 7) is 0. The van der Waals surface area contributed by atoms with Gasteiger partial charge in [-0.05, 0) is 36.4 Å². The van der Waals surface area contributed by atoms with E-state index >= 15 is 0 Å². The minimum Gasteiger partial charge on any atom is -0.545 e. The van der Waals surface area contributed by atoms with Crippen molar-refractivity contribution in [3.05, 3.63) is 71.4 Å². The summed E-state index contributed by atoms with van der Waals surface area (Å²) in [5, 5.41) is 11.8. The van der Waals surface area contributed by atoms with Gasteiger partial charge in [0.2, 0.25) is 0 Å². The SMILES string of the molecule is O=C([O-])c1cccnc1-c1cccc(-c2ccc(Cl)cc2)n1.[K+]. The van der Waals surface area contributed by atoms with Gasteiger partial charge < -0.3 is 9.90 Å². The molecule has 2 aromatic heterocycles. The number of hydrogen-bond acceptors (Lipinski definition) is 4. The minimum absolute atomic E-state index is 0. The maximum absolute atomic E-state index is 11.2. The number of halogens is 1. The van der Waals surface area contributed by atoms with E-state index in [0.717, 1.165) is 5.56 Å². The Labute approximate surface area is 181 Å². The van der Waals surface area contributed by atoms with Gasteiger partial charge in [-0.15, -0.1) is 0 Å². The van der Waals surface area contributed by atoms with Crippen molar-refractivity contribution in [3.63, 3.8) is 0 Å². The summed E-state index contributed by atoms with van der Waals surface area (Å²) in [7, 11) is 0. The fourth-order valence-electron chi connectivity index (χ4n) is 2.12. The molecule has 4 nitrogen and oxygen atoms in total. The molecule has 0 unspecified atom stereocenters. The number of hydrogen-bond donors (Lipinski definition) is 0. The van der Waals surface area contributed by atoms with Crippen LogP contribution in [0.1, 0.15) is 10.4 Å². The molecule has 1 aromatic carbocycles. The van der Waals surface area contributed by atoms with Crippen molar-refractivity contribution >= 4 is 17.6 Å². The molecule has 0 radical (unpaired) electrons. The van der Waals surface area contributed by atoms with Crippen LogP contribution in [0.15, 0.2) is 60.8 Å². The Morgan fingerprint density at radius 3 is 2.35 bits per heavy atom. The second-order valence-corrected chi connectivity index (χ2v) is 5.04. The van der Waals surface area contributed by atoms with Crippen molar-refractivity contribution in [1.82, 2.24) is 9.97 Å². The van der Waals surface area contributed by atoms with Crippen LogP contribution in [0.3, 0.4) is 0 Å². The molecule has 0 aliphatic carbocycles. The Hall–Kier alpha value is -1.08. The predicted octanol–water partition coefficient (Wildman–Crippen LogP) is -0.169. The molecule has 23 heavy (non-hydrogen) atoms. The van der Waals surface area contributed by atoms with E-state index < -0.39 is 5.97 Å². The molecule has 0 N–H and O–H groups in total. The van der Waals surface area contributed by atoms with Crippen LogP contribution >= 0.6 is 11.6 Å². The third-order valence-electron chi connectivity index (χ3n) is 3.16. The molecule has 108 valence electrons. The maximum atomic E-state index is 11.2. The summed E-state index contributed by atoms with van der Waals surface area (Å²) in [5.41, 5.74) is 2.38. The van der Waals surface area contributed by atoms with Crippen molar-refractivity contribution in [2.24, 2.45) is 0 Å². The number of pyridine rings is 2. The van der Waals surface area contributed by atoms with Crippen molar-refractivity contribution in [1.29, 1.82) is 0 Å². The number of carboxylic acids is 1. The number of benzene rings is 1. The van der Waals surface area contributed by atoms with E-state index in [0.29, 0.717) is 22.1 Å². The zero-order chi connectivity index (χ0) is 15.5. The van der Waals surface area contributed by atoms with E-state index in [1.807, 2.05) is 18.2 Å². The molecule has 2 heterocycles. The molecule has 3 aromatic rings. The molecule has 0 aliphatic rings. The first kappa shape index (κ1) is 18.3. The maximum Gasteiger partial charge on any atom is 1.00 e. The van der Waals surface area contributed by atoms with Crippen LogP contribution in [0, 0.1) is 0 Å². The summed E-state index contributed by atoms with van der Waals surface area (Å²) in [5.74, 6) is -1.28. The molecular formula is C17H10ClKN2O2. The first-order valence-electron chi connectivity index (χ1n) is 6.55. The van der Waals surface area contributed by atoms with Gasteiger partial charge in [0.25, 0.3) is 0 Å². The number of carboxylic acid groups (broad SMARTS) is 1. The zero-order valence-electron chi connectivity index (χ0n) is 12.4. The molecule has 0 fully saturated rings. The van der Waals surface area contributed by atoms with Crippen molar-refractivity contribution < 1.29 is 61.3 Å². The topological polar surface area (TPSA) is 65.9 Å². The average molecular weight is 349 g/mol. The predicted molar refractivity (Wildman–Crippen MR) is 82.2 cm³/mol. The Morgan fingerprint density at radius 1 is 0.957 bits per heavy atom. The van der Waals surface area contributed by atoms with E-state index in [4.69, 9.17) is 11.6 Å². The Kier molecular flexibility index (Phi) is 6.47. The van der Waals surface area contributed by atoms with Gasteiger partial charge in [-0.25, -0.2) is 4.98 Å². The Balaban J connectivity index is 0.00000192. The second-order valence-electron chi connectivity index (χ2n) is 4.60. The fraction of sp³-hybridized carbons (Fsp3) is 0. The van der Waals surface area contributed by atoms with Crippen LogP contribution < -0.4 is 56.5 Å². The first-order valence-corrected chi connectivity index (χ1v) is 6.92. The minimum atomic E-state index is -1.28. The second kappa shape index (κ2) is 8.14. The van der Waals surface area contributed by atoms with Gasteiger partial charge in [0.15, 0.2) is 0 Å². The molecule has 0 saturated carbocycles. The van der Waals surface area contributed by atoms with Crippen LogP contribution in [0.25, 0.3) is 22.6 Å². The molecule has 0 saturated heterocycles. The monoisotopic (exact) mass is 348 g/mol. The summed E-state index contributed by atoms with van der Waals surface area (Å²) in [6, 6.07) is 15.6. The van der Waals surface area contributed by atoms with Gasteiger partial charge in [0.1, 0.15) is 0 Å². The molecular weight excluding hydrogens is 339 g/mol. The average Bonchev–Trinajstić information content (AvgIpc) is 2.55. The third kappa shape index (κ3) is 4.26.